The predicted molar refractivity (Wildman–Crippen MR) is 160 cm³/mol. The highest BCUT2D eigenvalue weighted by atomic mass is 35.5. The smallest absolute Gasteiger partial charge is 0.411 e. The van der Waals surface area contributed by atoms with Gasteiger partial charge >= 0.3 is 12.1 Å². The number of thioether (sulfide) groups is 1. The molecule has 2 saturated heterocycles. The second kappa shape index (κ2) is 15.4. The van der Waals surface area contributed by atoms with Crippen LogP contribution in [0.2, 0.25) is 10.0 Å². The first-order chi connectivity index (χ1) is 20.3. The lowest BCUT2D eigenvalue weighted by molar-refractivity contribution is -0.145. The fourth-order valence-corrected chi connectivity index (χ4v) is 6.19. The number of hydrogen-bond acceptors (Lipinski definition) is 9. The number of nitrogens with zero attached hydrogens (tertiary/aromatic N) is 2. The summed E-state index contributed by atoms with van der Waals surface area (Å²) in [6.45, 7) is 3.67. The molecule has 2 aromatic rings. The first kappa shape index (κ1) is 31.9. The van der Waals surface area contributed by atoms with Crippen LogP contribution in [0.3, 0.4) is 0 Å². The molecule has 11 nitrogen and oxygen atoms in total. The molecule has 2 atom stereocenters. The van der Waals surface area contributed by atoms with Crippen LogP contribution in [0, 0.1) is 0 Å². The average molecular weight is 640 g/mol. The number of nitrogens with one attached hydrogen (secondary N) is 2. The zero-order chi connectivity index (χ0) is 30.1. The Labute approximate surface area is 258 Å². The van der Waals surface area contributed by atoms with Crippen LogP contribution >= 0.6 is 35.0 Å². The molecule has 3 amide bonds. The summed E-state index contributed by atoms with van der Waals surface area (Å²) in [6, 6.07) is 9.78. The summed E-state index contributed by atoms with van der Waals surface area (Å²) in [5.41, 5.74) is 1.36. The molecule has 42 heavy (non-hydrogen) atoms. The highest BCUT2D eigenvalue weighted by molar-refractivity contribution is 7.99. The zero-order valence-corrected chi connectivity index (χ0v) is 25.3. The number of anilines is 1. The summed E-state index contributed by atoms with van der Waals surface area (Å²) in [5.74, 6) is -0.872. The average Bonchev–Trinajstić information content (AvgIpc) is 3.48. The lowest BCUT2D eigenvalue weighted by Gasteiger charge is -2.27. The summed E-state index contributed by atoms with van der Waals surface area (Å²) in [6.07, 6.45) is -0.439. The number of halogens is 2. The van der Waals surface area contributed by atoms with E-state index in [0.717, 1.165) is 13.1 Å². The van der Waals surface area contributed by atoms with Crippen molar-refractivity contribution < 1.29 is 33.4 Å². The van der Waals surface area contributed by atoms with Gasteiger partial charge in [0.05, 0.1) is 41.8 Å². The highest BCUT2D eigenvalue weighted by Gasteiger charge is 2.37. The molecule has 4 rings (SSSR count). The van der Waals surface area contributed by atoms with Crippen LogP contribution in [0.1, 0.15) is 15.9 Å². The van der Waals surface area contributed by atoms with Crippen LogP contribution in [-0.2, 0) is 30.2 Å². The summed E-state index contributed by atoms with van der Waals surface area (Å²) < 4.78 is 15.7. The molecule has 0 spiro atoms. The second-order valence-corrected chi connectivity index (χ2v) is 11.4. The number of methoxy groups -OCH3 is 1. The molecular formula is C28H32Cl2N4O7S. The fourth-order valence-electron chi connectivity index (χ4n) is 4.48. The van der Waals surface area contributed by atoms with Gasteiger partial charge in [-0.2, -0.15) is 0 Å². The van der Waals surface area contributed by atoms with Crippen molar-refractivity contribution in [2.75, 3.05) is 63.5 Å². The molecule has 0 radical (unpaired) electrons. The molecule has 2 aliphatic heterocycles. The lowest BCUT2D eigenvalue weighted by Crippen LogP contribution is -2.52. The minimum atomic E-state index is -0.991. The Hall–Kier alpha value is -3.03. The Morgan fingerprint density at radius 1 is 1.07 bits per heavy atom. The van der Waals surface area contributed by atoms with E-state index >= 15 is 0 Å². The predicted octanol–water partition coefficient (Wildman–Crippen LogP) is 3.29. The molecule has 2 fully saturated rings. The van der Waals surface area contributed by atoms with Crippen molar-refractivity contribution in [1.29, 1.82) is 0 Å². The molecule has 2 heterocycles. The number of rotatable bonds is 10. The van der Waals surface area contributed by atoms with Gasteiger partial charge < -0.3 is 24.8 Å². The minimum absolute atomic E-state index is 0.132. The van der Waals surface area contributed by atoms with Gasteiger partial charge in [0, 0.05) is 37.5 Å². The van der Waals surface area contributed by atoms with Gasteiger partial charge in [-0.15, -0.1) is 11.8 Å². The monoisotopic (exact) mass is 638 g/mol. The molecular weight excluding hydrogens is 607 g/mol. The van der Waals surface area contributed by atoms with E-state index in [2.05, 4.69) is 15.5 Å². The zero-order valence-electron chi connectivity index (χ0n) is 23.0. The molecule has 0 aliphatic carbocycles. The topological polar surface area (TPSA) is 127 Å². The number of carbonyl (C=O) groups excluding carboxylic acids is 4. The van der Waals surface area contributed by atoms with Crippen molar-refractivity contribution in [2.24, 2.45) is 0 Å². The third-order valence-electron chi connectivity index (χ3n) is 6.80. The quantitative estimate of drug-likeness (QED) is 0.377. The van der Waals surface area contributed by atoms with Crippen molar-refractivity contribution in [2.45, 2.75) is 18.5 Å². The molecule has 2 aromatic carbocycles. The van der Waals surface area contributed by atoms with Gasteiger partial charge in [0.15, 0.2) is 0 Å². The summed E-state index contributed by atoms with van der Waals surface area (Å²) >= 11 is 13.7. The number of morpholine rings is 1. The molecule has 0 unspecified atom stereocenters. The molecule has 0 bridgehead atoms. The van der Waals surface area contributed by atoms with E-state index < -0.39 is 36.0 Å². The minimum Gasteiger partial charge on any atom is -0.467 e. The van der Waals surface area contributed by atoms with Crippen molar-refractivity contribution in [3.8, 4) is 0 Å². The van der Waals surface area contributed by atoms with Gasteiger partial charge in [-0.3, -0.25) is 19.4 Å². The van der Waals surface area contributed by atoms with Gasteiger partial charge in [-0.05, 0) is 29.8 Å². The van der Waals surface area contributed by atoms with E-state index in [4.69, 9.17) is 37.4 Å². The van der Waals surface area contributed by atoms with Gasteiger partial charge in [0.1, 0.15) is 18.7 Å². The van der Waals surface area contributed by atoms with Gasteiger partial charge in [0.25, 0.3) is 5.91 Å². The largest absolute Gasteiger partial charge is 0.467 e. The number of esters is 1. The normalized spacial score (nSPS) is 17.8. The summed E-state index contributed by atoms with van der Waals surface area (Å²) in [5, 5.41) is 5.94. The molecule has 0 aromatic heterocycles. The summed E-state index contributed by atoms with van der Waals surface area (Å²) in [7, 11) is 1.24. The Morgan fingerprint density at radius 3 is 2.43 bits per heavy atom. The van der Waals surface area contributed by atoms with E-state index in [-0.39, 0.29) is 28.6 Å². The third-order valence-corrected chi connectivity index (χ3v) is 8.44. The highest BCUT2D eigenvalue weighted by Crippen LogP contribution is 2.26. The van der Waals surface area contributed by atoms with Crippen LogP contribution in [-0.4, -0.2) is 104 Å². The van der Waals surface area contributed by atoms with Gasteiger partial charge in [-0.25, -0.2) is 9.59 Å². The van der Waals surface area contributed by atoms with E-state index in [1.165, 1.54) is 23.8 Å². The maximum atomic E-state index is 13.2. The first-order valence-corrected chi connectivity index (χ1v) is 15.2. The van der Waals surface area contributed by atoms with Gasteiger partial charge in [0.2, 0.25) is 5.91 Å². The number of amides is 3. The molecule has 226 valence electrons. The van der Waals surface area contributed by atoms with Crippen LogP contribution in [0.15, 0.2) is 42.5 Å². The Morgan fingerprint density at radius 2 is 1.76 bits per heavy atom. The van der Waals surface area contributed by atoms with Gasteiger partial charge in [-0.1, -0.05) is 41.4 Å². The van der Waals surface area contributed by atoms with Crippen molar-refractivity contribution in [3.63, 3.8) is 0 Å². The van der Waals surface area contributed by atoms with Crippen molar-refractivity contribution >= 4 is 64.5 Å². The second-order valence-electron chi connectivity index (χ2n) is 9.59. The van der Waals surface area contributed by atoms with E-state index in [0.29, 0.717) is 42.6 Å². The first-order valence-electron chi connectivity index (χ1n) is 13.3. The molecule has 2 aliphatic rings. The van der Waals surface area contributed by atoms with Crippen molar-refractivity contribution in [3.05, 3.63) is 63.6 Å². The SMILES string of the molecule is COC(=O)[C@H](Cc1ccc(NC(=O)c2c(Cl)cccc2Cl)cc1)NC(=O)[C@H]1CSCN1C(=O)OCCN1CCOCC1. The molecule has 0 saturated carbocycles. The fraction of sp³-hybridized carbons (Fsp3) is 0.429. The third kappa shape index (κ3) is 8.51. The number of benzene rings is 2. The molecule has 14 heteroatoms. The molecule has 2 N–H and O–H groups in total. The van der Waals surface area contributed by atoms with Crippen LogP contribution in [0.4, 0.5) is 10.5 Å². The van der Waals surface area contributed by atoms with E-state index in [9.17, 15) is 19.2 Å². The van der Waals surface area contributed by atoms with Crippen LogP contribution in [0.5, 0.6) is 0 Å². The number of carbonyl (C=O) groups is 4. The number of ether oxygens (including phenoxy) is 3. The lowest BCUT2D eigenvalue weighted by atomic mass is 10.0. The standard InChI is InChI=1S/C28H32Cl2N4O7S/c1-39-27(37)22(15-18-5-7-19(8-6-18)31-26(36)24-20(29)3-2-4-21(24)30)32-25(35)23-16-42-17-34(23)28(38)41-14-11-33-9-12-40-13-10-33/h2-8,22-23H,9-17H2,1H3,(H,31,36)(H,32,35)/t22-,23+/m0/s1. The van der Waals surface area contributed by atoms with Crippen LogP contribution in [0.25, 0.3) is 0 Å². The van der Waals surface area contributed by atoms with Crippen molar-refractivity contribution in [1.82, 2.24) is 15.1 Å². The maximum Gasteiger partial charge on any atom is 0.411 e. The van der Waals surface area contributed by atoms with Crippen LogP contribution < -0.4 is 10.6 Å². The van der Waals surface area contributed by atoms with E-state index in [1.54, 1.807) is 42.5 Å². The number of hydrogen-bond donors (Lipinski definition) is 2. The maximum absolute atomic E-state index is 13.2. The Bertz CT molecular complexity index is 1260. The van der Waals surface area contributed by atoms with E-state index in [1.807, 2.05) is 0 Å². The summed E-state index contributed by atoms with van der Waals surface area (Å²) in [4.78, 5) is 54.7. The Balaban J connectivity index is 1.32. The Kier molecular flexibility index (Phi) is 11.7.